The van der Waals surface area contributed by atoms with E-state index >= 15 is 0 Å². The van der Waals surface area contributed by atoms with E-state index in [4.69, 9.17) is 26.1 Å². The van der Waals surface area contributed by atoms with Gasteiger partial charge in [-0.2, -0.15) is 0 Å². The highest BCUT2D eigenvalue weighted by molar-refractivity contribution is 8.24. The Labute approximate surface area is 204 Å². The number of methoxy groups -OCH3 is 2. The summed E-state index contributed by atoms with van der Waals surface area (Å²) in [7, 11) is 4.82. The number of phenolic OH excluding ortho intramolecular Hbond substituents is 1. The Morgan fingerprint density at radius 3 is 2.48 bits per heavy atom. The maximum Gasteiger partial charge on any atom is 0.260 e. The third-order valence-electron chi connectivity index (χ3n) is 6.38. The third-order valence-corrected chi connectivity index (χ3v) is 7.31. The minimum atomic E-state index is -0.0739. The predicted molar refractivity (Wildman–Crippen MR) is 137 cm³/mol. The van der Waals surface area contributed by atoms with Crippen LogP contribution in [0, 0.1) is 11.8 Å². The van der Waals surface area contributed by atoms with Gasteiger partial charge in [0.2, 0.25) is 5.75 Å². The molecule has 178 valence electrons. The van der Waals surface area contributed by atoms with Crippen molar-refractivity contribution in [2.45, 2.75) is 39.2 Å². The Hall–Kier alpha value is -2.45. The van der Waals surface area contributed by atoms with Gasteiger partial charge in [0, 0.05) is 29.4 Å². The number of nitrogens with zero attached hydrogens (tertiary/aromatic N) is 1. The van der Waals surface area contributed by atoms with Gasteiger partial charge in [-0.15, -0.1) is 0 Å². The molecule has 3 unspecified atom stereocenters. The summed E-state index contributed by atoms with van der Waals surface area (Å²) in [4.78, 5) is 15.7. The molecule has 0 spiro atoms. The number of rotatable bonds is 9. The number of ether oxygens (including phenoxy) is 2. The number of likely N-dealkylation sites (N-methyl/N-ethyl adjacent to an activating group) is 1. The average Bonchev–Trinajstić information content (AvgIpc) is 3.44. The fraction of sp³-hybridized carbons (Fsp3) is 0.440. The third kappa shape index (κ3) is 5.55. The second kappa shape index (κ2) is 11.1. The molecule has 1 saturated carbocycles. The van der Waals surface area contributed by atoms with Crippen LogP contribution in [-0.4, -0.2) is 47.9 Å². The number of aromatic hydroxyl groups is 1. The van der Waals surface area contributed by atoms with Crippen LogP contribution in [0.2, 0.25) is 0 Å². The number of amides is 1. The number of thioether (sulfide) groups is 1. The van der Waals surface area contributed by atoms with E-state index in [1.165, 1.54) is 30.7 Å². The maximum absolute atomic E-state index is 13.3. The van der Waals surface area contributed by atoms with E-state index in [1.807, 2.05) is 11.9 Å². The van der Waals surface area contributed by atoms with Crippen molar-refractivity contribution in [3.05, 3.63) is 34.9 Å². The summed E-state index contributed by atoms with van der Waals surface area (Å²) in [5.74, 6) is 2.65. The van der Waals surface area contributed by atoms with Crippen molar-refractivity contribution in [1.29, 1.82) is 0 Å². The number of carbonyl (C=O) groups is 1. The number of thiocarbonyl (C=S) groups is 1. The second-order valence-electron chi connectivity index (χ2n) is 8.36. The van der Waals surface area contributed by atoms with E-state index in [1.54, 1.807) is 30.3 Å². The highest BCUT2D eigenvalue weighted by Gasteiger charge is 2.35. The smallest absolute Gasteiger partial charge is 0.260 e. The Bertz CT molecular complexity index is 1010. The highest BCUT2D eigenvalue weighted by Crippen LogP contribution is 2.41. The predicted octanol–water partition coefficient (Wildman–Crippen LogP) is 5.98. The molecule has 6 nitrogen and oxygen atoms in total. The van der Waals surface area contributed by atoms with Crippen molar-refractivity contribution in [3.8, 4) is 28.6 Å². The summed E-state index contributed by atoms with van der Waals surface area (Å²) in [6.07, 6.45) is 5.05. The summed E-state index contributed by atoms with van der Waals surface area (Å²) in [5, 5.41) is 10.1. The summed E-state index contributed by atoms with van der Waals surface area (Å²) in [6.45, 7) is 4.43. The van der Waals surface area contributed by atoms with Gasteiger partial charge < -0.3 is 23.9 Å². The largest absolute Gasteiger partial charge is 0.502 e. The van der Waals surface area contributed by atoms with Gasteiger partial charge >= 0.3 is 0 Å². The number of hydrogen-bond acceptors (Lipinski definition) is 7. The molecule has 1 aliphatic carbocycles. The van der Waals surface area contributed by atoms with Crippen molar-refractivity contribution >= 4 is 40.7 Å². The van der Waals surface area contributed by atoms with Crippen LogP contribution < -0.4 is 9.47 Å². The SMILES string of the molecule is CCC1CC(C)C(N(C)C(=O)/C(=C/c2ccc(-c3cc(OC)c(O)c(OC)c3)o2)SC=S)C1. The van der Waals surface area contributed by atoms with Crippen LogP contribution in [0.15, 0.2) is 33.6 Å². The van der Waals surface area contributed by atoms with Crippen LogP contribution >= 0.6 is 24.0 Å². The first-order valence-corrected chi connectivity index (χ1v) is 12.3. The molecule has 0 aliphatic heterocycles. The molecule has 3 rings (SSSR count). The van der Waals surface area contributed by atoms with E-state index in [0.29, 0.717) is 33.8 Å². The lowest BCUT2D eigenvalue weighted by atomic mass is 10.0. The number of furan rings is 1. The molecule has 1 aliphatic rings. The molecule has 1 aromatic carbocycles. The van der Waals surface area contributed by atoms with Crippen molar-refractivity contribution < 1.29 is 23.8 Å². The van der Waals surface area contributed by atoms with Gasteiger partial charge in [-0.05, 0) is 48.9 Å². The second-order valence-corrected chi connectivity index (χ2v) is 9.81. The standard InChI is InChI=1S/C25H31NO5S2/c1-6-16-9-15(2)19(10-16)26(3)25(28)23(33-14-32)13-18-7-8-20(31-18)17-11-21(29-4)24(27)22(12-17)30-5/h7-8,11-16,19,27H,6,9-10H2,1-5H3/b23-13-. The molecule has 0 radical (unpaired) electrons. The Kier molecular flexibility index (Phi) is 8.48. The molecular weight excluding hydrogens is 458 g/mol. The van der Waals surface area contributed by atoms with Crippen LogP contribution in [-0.2, 0) is 4.79 Å². The highest BCUT2D eigenvalue weighted by atomic mass is 32.2. The summed E-state index contributed by atoms with van der Waals surface area (Å²) < 4.78 is 17.9. The molecule has 0 saturated heterocycles. The molecule has 1 N–H and O–H groups in total. The monoisotopic (exact) mass is 489 g/mol. The Morgan fingerprint density at radius 1 is 1.27 bits per heavy atom. The Morgan fingerprint density at radius 2 is 1.94 bits per heavy atom. The zero-order valence-corrected chi connectivity index (χ0v) is 21.3. The van der Waals surface area contributed by atoms with Gasteiger partial charge in [0.25, 0.3) is 5.91 Å². The van der Waals surface area contributed by atoms with Crippen molar-refractivity contribution in [3.63, 3.8) is 0 Å². The molecular formula is C25H31NO5S2. The average molecular weight is 490 g/mol. The minimum Gasteiger partial charge on any atom is -0.502 e. The van der Waals surface area contributed by atoms with Gasteiger partial charge in [0.05, 0.1) is 19.1 Å². The quantitative estimate of drug-likeness (QED) is 0.343. The first kappa shape index (κ1) is 25.2. The van der Waals surface area contributed by atoms with Crippen LogP contribution in [0.1, 0.15) is 38.9 Å². The first-order chi connectivity index (χ1) is 15.8. The molecule has 8 heteroatoms. The van der Waals surface area contributed by atoms with Crippen LogP contribution in [0.4, 0.5) is 0 Å². The van der Waals surface area contributed by atoms with Gasteiger partial charge in [0.1, 0.15) is 11.5 Å². The normalized spacial score (nSPS) is 20.5. The number of benzene rings is 1. The lowest BCUT2D eigenvalue weighted by molar-refractivity contribution is -0.127. The van der Waals surface area contributed by atoms with Crippen molar-refractivity contribution in [2.24, 2.45) is 11.8 Å². The van der Waals surface area contributed by atoms with E-state index < -0.39 is 0 Å². The fourth-order valence-electron chi connectivity index (χ4n) is 4.50. The molecule has 33 heavy (non-hydrogen) atoms. The summed E-state index contributed by atoms with van der Waals surface area (Å²) in [5.41, 5.74) is 0.680. The molecule has 1 heterocycles. The maximum atomic E-state index is 13.3. The molecule has 3 atom stereocenters. The topological polar surface area (TPSA) is 72.1 Å². The Balaban J connectivity index is 1.87. The summed E-state index contributed by atoms with van der Waals surface area (Å²) >= 11 is 6.26. The number of phenols is 1. The molecule has 1 amide bonds. The van der Waals surface area contributed by atoms with Crippen LogP contribution in [0.25, 0.3) is 17.4 Å². The minimum absolute atomic E-state index is 0.0550. The fourth-order valence-corrected chi connectivity index (χ4v) is 5.34. The van der Waals surface area contributed by atoms with Crippen LogP contribution in [0.5, 0.6) is 17.2 Å². The van der Waals surface area contributed by atoms with Gasteiger partial charge in [-0.1, -0.05) is 44.2 Å². The summed E-state index contributed by atoms with van der Waals surface area (Å²) in [6, 6.07) is 7.16. The lowest BCUT2D eigenvalue weighted by Crippen LogP contribution is -2.39. The molecule has 1 fully saturated rings. The zero-order valence-electron chi connectivity index (χ0n) is 19.7. The molecule has 0 bridgehead atoms. The van der Waals surface area contributed by atoms with Crippen molar-refractivity contribution in [1.82, 2.24) is 4.90 Å². The first-order valence-electron chi connectivity index (χ1n) is 11.0. The van der Waals surface area contributed by atoms with Crippen LogP contribution in [0.3, 0.4) is 0 Å². The van der Waals surface area contributed by atoms with Crippen molar-refractivity contribution in [2.75, 3.05) is 21.3 Å². The van der Waals surface area contributed by atoms with E-state index in [-0.39, 0.29) is 29.2 Å². The van der Waals surface area contributed by atoms with E-state index in [0.717, 1.165) is 19.3 Å². The van der Waals surface area contributed by atoms with Gasteiger partial charge in [-0.25, -0.2) is 0 Å². The molecule has 1 aromatic heterocycles. The number of carbonyl (C=O) groups excluding carboxylic acids is 1. The number of hydrogen-bond donors (Lipinski definition) is 1. The lowest BCUT2D eigenvalue weighted by Gasteiger charge is -2.28. The van der Waals surface area contributed by atoms with E-state index in [9.17, 15) is 9.90 Å². The molecule has 2 aromatic rings. The zero-order chi connectivity index (χ0) is 24.1. The van der Waals surface area contributed by atoms with Gasteiger partial charge in [0.15, 0.2) is 11.5 Å². The van der Waals surface area contributed by atoms with E-state index in [2.05, 4.69) is 13.8 Å². The van der Waals surface area contributed by atoms with Gasteiger partial charge in [-0.3, -0.25) is 4.79 Å².